The van der Waals surface area contributed by atoms with E-state index in [0.717, 1.165) is 0 Å². The summed E-state index contributed by atoms with van der Waals surface area (Å²) in [6, 6.07) is 4.31. The lowest BCUT2D eigenvalue weighted by Crippen LogP contribution is -2.15. The van der Waals surface area contributed by atoms with E-state index in [9.17, 15) is 8.42 Å². The van der Waals surface area contributed by atoms with Gasteiger partial charge in [-0.05, 0) is 30.7 Å². The van der Waals surface area contributed by atoms with E-state index in [1.54, 1.807) is 13.0 Å². The normalized spacial score (nSPS) is 11.3. The molecule has 1 aromatic heterocycles. The average molecular weight is 299 g/mol. The van der Waals surface area contributed by atoms with Gasteiger partial charge in [0.15, 0.2) is 0 Å². The van der Waals surface area contributed by atoms with Gasteiger partial charge in [0, 0.05) is 12.4 Å². The molecule has 3 N–H and O–H groups in total. The summed E-state index contributed by atoms with van der Waals surface area (Å²) in [6.07, 6.45) is 2.87. The average Bonchev–Trinajstić information content (AvgIpc) is 2.36. The van der Waals surface area contributed by atoms with Gasteiger partial charge in [0.05, 0.1) is 15.6 Å². The smallest absolute Gasteiger partial charge is 0.264 e. The second-order valence-corrected chi connectivity index (χ2v) is 5.88. The quantitative estimate of drug-likeness (QED) is 0.842. The zero-order chi connectivity index (χ0) is 14.0. The van der Waals surface area contributed by atoms with E-state index in [2.05, 4.69) is 14.7 Å². The molecule has 0 saturated heterocycles. The Bertz CT molecular complexity index is 681. The van der Waals surface area contributed by atoms with Crippen LogP contribution in [0.5, 0.6) is 0 Å². The fourth-order valence-corrected chi connectivity index (χ4v) is 2.64. The third-order valence-corrected chi connectivity index (χ3v) is 4.18. The molecule has 0 aliphatic rings. The van der Waals surface area contributed by atoms with E-state index >= 15 is 0 Å². The summed E-state index contributed by atoms with van der Waals surface area (Å²) in [4.78, 5) is 7.60. The predicted molar refractivity (Wildman–Crippen MR) is 73.4 cm³/mol. The van der Waals surface area contributed by atoms with Crippen molar-refractivity contribution in [1.82, 2.24) is 9.97 Å². The van der Waals surface area contributed by atoms with Gasteiger partial charge in [-0.2, -0.15) is 0 Å². The minimum Gasteiger partial charge on any atom is -0.397 e. The van der Waals surface area contributed by atoms with Crippen LogP contribution in [0.3, 0.4) is 0 Å². The van der Waals surface area contributed by atoms with E-state index in [-0.39, 0.29) is 16.5 Å². The maximum absolute atomic E-state index is 12.1. The molecule has 0 aliphatic carbocycles. The lowest BCUT2D eigenvalue weighted by atomic mass is 10.2. The number of aryl methyl sites for hydroxylation is 1. The molecule has 2 rings (SSSR count). The van der Waals surface area contributed by atoms with E-state index in [1.807, 2.05) is 0 Å². The van der Waals surface area contributed by atoms with E-state index in [1.165, 1.54) is 24.5 Å². The van der Waals surface area contributed by atoms with Crippen LogP contribution in [0.1, 0.15) is 5.56 Å². The summed E-state index contributed by atoms with van der Waals surface area (Å²) in [5.74, 6) is -0.00586. The number of hydrogen-bond donors (Lipinski definition) is 2. The Morgan fingerprint density at radius 3 is 2.47 bits per heavy atom. The van der Waals surface area contributed by atoms with Gasteiger partial charge >= 0.3 is 0 Å². The van der Waals surface area contributed by atoms with Crippen LogP contribution in [0, 0.1) is 6.92 Å². The molecule has 0 atom stereocenters. The third kappa shape index (κ3) is 2.94. The zero-order valence-electron chi connectivity index (χ0n) is 9.96. The van der Waals surface area contributed by atoms with Crippen LogP contribution in [-0.4, -0.2) is 18.4 Å². The van der Waals surface area contributed by atoms with Crippen molar-refractivity contribution in [2.45, 2.75) is 11.8 Å². The minimum absolute atomic E-state index is 0.00586. The Hall–Kier alpha value is -1.86. The van der Waals surface area contributed by atoms with Crippen LogP contribution in [0.15, 0.2) is 35.5 Å². The summed E-state index contributed by atoms with van der Waals surface area (Å²) in [6.45, 7) is 1.68. The molecule has 0 unspecified atom stereocenters. The molecule has 100 valence electrons. The standard InChI is InChI=1S/C11H11ClN4O2S/c1-7-5-8(6-9(13)10(7)12)19(17,18)16-11-14-3-2-4-15-11/h2-6H,13H2,1H3,(H,14,15,16). The number of nitrogens with one attached hydrogen (secondary N) is 1. The van der Waals surface area contributed by atoms with Crippen LogP contribution in [0.2, 0.25) is 5.02 Å². The molecule has 0 amide bonds. The number of benzene rings is 1. The summed E-state index contributed by atoms with van der Waals surface area (Å²) in [5.41, 5.74) is 6.44. The Morgan fingerprint density at radius 2 is 1.89 bits per heavy atom. The monoisotopic (exact) mass is 298 g/mol. The van der Waals surface area contributed by atoms with Crippen molar-refractivity contribution in [3.8, 4) is 0 Å². The molecule has 8 heteroatoms. The Labute approximate surface area is 115 Å². The first kappa shape index (κ1) is 13.6. The summed E-state index contributed by atoms with van der Waals surface area (Å²) < 4.78 is 26.5. The minimum atomic E-state index is -3.79. The number of rotatable bonds is 3. The highest BCUT2D eigenvalue weighted by atomic mass is 35.5. The van der Waals surface area contributed by atoms with Gasteiger partial charge in [0.2, 0.25) is 5.95 Å². The number of sulfonamides is 1. The van der Waals surface area contributed by atoms with Gasteiger partial charge in [-0.1, -0.05) is 11.6 Å². The molecule has 2 aromatic rings. The van der Waals surface area contributed by atoms with Crippen molar-refractivity contribution in [3.05, 3.63) is 41.2 Å². The van der Waals surface area contributed by atoms with E-state index < -0.39 is 10.0 Å². The molecule has 0 bridgehead atoms. The SMILES string of the molecule is Cc1cc(S(=O)(=O)Nc2ncccn2)cc(N)c1Cl. The number of nitrogen functional groups attached to an aromatic ring is 1. The van der Waals surface area contributed by atoms with Crippen molar-refractivity contribution < 1.29 is 8.42 Å². The lowest BCUT2D eigenvalue weighted by Gasteiger charge is -2.09. The first-order valence-corrected chi connectivity index (χ1v) is 7.12. The maximum atomic E-state index is 12.1. The molecule has 1 aromatic carbocycles. The van der Waals surface area contributed by atoms with Gasteiger partial charge in [-0.3, -0.25) is 0 Å². The van der Waals surface area contributed by atoms with Crippen molar-refractivity contribution in [1.29, 1.82) is 0 Å². The molecular formula is C11H11ClN4O2S. The van der Waals surface area contributed by atoms with E-state index in [4.69, 9.17) is 17.3 Å². The molecule has 19 heavy (non-hydrogen) atoms. The molecule has 0 aliphatic heterocycles. The highest BCUT2D eigenvalue weighted by molar-refractivity contribution is 7.92. The zero-order valence-corrected chi connectivity index (χ0v) is 11.5. The van der Waals surface area contributed by atoms with Crippen LogP contribution >= 0.6 is 11.6 Å². The number of aromatic nitrogens is 2. The fourth-order valence-electron chi connectivity index (χ4n) is 1.45. The highest BCUT2D eigenvalue weighted by Crippen LogP contribution is 2.27. The van der Waals surface area contributed by atoms with Gasteiger partial charge in [-0.25, -0.2) is 23.1 Å². The van der Waals surface area contributed by atoms with Gasteiger partial charge in [0.1, 0.15) is 0 Å². The third-order valence-electron chi connectivity index (χ3n) is 2.36. The summed E-state index contributed by atoms with van der Waals surface area (Å²) in [5, 5.41) is 0.343. The Balaban J connectivity index is 2.40. The Morgan fingerprint density at radius 1 is 1.26 bits per heavy atom. The summed E-state index contributed by atoms with van der Waals surface area (Å²) in [7, 11) is -3.79. The number of nitrogens with zero attached hydrogens (tertiary/aromatic N) is 2. The van der Waals surface area contributed by atoms with Crippen molar-refractivity contribution in [2.75, 3.05) is 10.5 Å². The number of halogens is 1. The topological polar surface area (TPSA) is 98.0 Å². The van der Waals surface area contributed by atoms with Gasteiger partial charge < -0.3 is 5.73 Å². The van der Waals surface area contributed by atoms with Gasteiger partial charge in [0.25, 0.3) is 10.0 Å². The molecule has 0 spiro atoms. The summed E-state index contributed by atoms with van der Waals surface area (Å²) >= 11 is 5.89. The first-order valence-electron chi connectivity index (χ1n) is 5.25. The molecule has 1 heterocycles. The molecule has 6 nitrogen and oxygen atoms in total. The molecule has 0 radical (unpaired) electrons. The maximum Gasteiger partial charge on any atom is 0.264 e. The fraction of sp³-hybridized carbons (Fsp3) is 0.0909. The predicted octanol–water partition coefficient (Wildman–Crippen LogP) is 1.82. The van der Waals surface area contributed by atoms with Crippen molar-refractivity contribution >= 4 is 33.3 Å². The number of anilines is 2. The second-order valence-electron chi connectivity index (χ2n) is 3.82. The van der Waals surface area contributed by atoms with Crippen molar-refractivity contribution in [3.63, 3.8) is 0 Å². The van der Waals surface area contributed by atoms with Crippen LogP contribution in [0.25, 0.3) is 0 Å². The first-order chi connectivity index (χ1) is 8.90. The van der Waals surface area contributed by atoms with Crippen LogP contribution in [0.4, 0.5) is 11.6 Å². The number of hydrogen-bond acceptors (Lipinski definition) is 5. The van der Waals surface area contributed by atoms with Crippen LogP contribution in [-0.2, 0) is 10.0 Å². The van der Waals surface area contributed by atoms with Gasteiger partial charge in [-0.15, -0.1) is 0 Å². The van der Waals surface area contributed by atoms with Crippen molar-refractivity contribution in [2.24, 2.45) is 0 Å². The molecule has 0 fully saturated rings. The van der Waals surface area contributed by atoms with Crippen LogP contribution < -0.4 is 10.5 Å². The second kappa shape index (κ2) is 5.02. The molecular weight excluding hydrogens is 288 g/mol. The number of nitrogens with two attached hydrogens (primary N) is 1. The Kier molecular flexibility index (Phi) is 3.59. The lowest BCUT2D eigenvalue weighted by molar-refractivity contribution is 0.600. The molecule has 0 saturated carbocycles. The van der Waals surface area contributed by atoms with E-state index in [0.29, 0.717) is 10.6 Å². The largest absolute Gasteiger partial charge is 0.397 e. The highest BCUT2D eigenvalue weighted by Gasteiger charge is 2.17.